The van der Waals surface area contributed by atoms with Crippen LogP contribution in [0.1, 0.15) is 54.4 Å². The SMILES string of the molecule is CC(C)(C)C(CC(=O)O)[C@@](NC(=O)CCOc1no[n+]([O-])c1S(=O)(=O)c1ccccc1)(C(=O)O)C(C)(C)C. The molecule has 38 heavy (non-hydrogen) atoms. The zero-order chi connectivity index (χ0) is 29.1. The molecular weight excluding hydrogens is 522 g/mol. The quantitative estimate of drug-likeness (QED) is 0.343. The Kier molecular flexibility index (Phi) is 8.82. The Bertz CT molecular complexity index is 1280. The minimum atomic E-state index is -4.37. The van der Waals surface area contributed by atoms with Crippen LogP contribution in [0.4, 0.5) is 0 Å². The first-order valence-electron chi connectivity index (χ1n) is 11.6. The number of carbonyl (C=O) groups is 3. The molecule has 14 heteroatoms. The highest BCUT2D eigenvalue weighted by Gasteiger charge is 2.59. The number of benzene rings is 1. The van der Waals surface area contributed by atoms with Gasteiger partial charge < -0.3 is 25.5 Å². The highest BCUT2D eigenvalue weighted by Crippen LogP contribution is 2.46. The molecule has 1 amide bonds. The standard InChI is InChI=1S/C24H33N3O10S/c1-22(2,3)16(14-18(29)30)24(21(31)32,23(4,5)6)25-17(28)12-13-36-19-20(27(33)37-26-19)38(34,35)15-10-8-7-9-11-15/h7-11,16H,12-14H2,1-6H3,(H,25,28)(H,29,30)(H,31,32)/t16?,24-/m1/s1. The van der Waals surface area contributed by atoms with E-state index in [2.05, 4.69) is 15.1 Å². The number of carboxylic acid groups (broad SMARTS) is 2. The van der Waals surface area contributed by atoms with E-state index in [1.165, 1.54) is 24.3 Å². The number of nitrogens with zero attached hydrogens (tertiary/aromatic N) is 2. The Labute approximate surface area is 220 Å². The van der Waals surface area contributed by atoms with E-state index >= 15 is 0 Å². The topological polar surface area (TPSA) is 200 Å². The Morgan fingerprint density at radius 3 is 2.16 bits per heavy atom. The second kappa shape index (κ2) is 11.0. The maximum Gasteiger partial charge on any atom is 0.414 e. The summed E-state index contributed by atoms with van der Waals surface area (Å²) in [6.45, 7) is 9.34. The fraction of sp³-hybridized carbons (Fsp3) is 0.542. The maximum absolute atomic E-state index is 13.0. The van der Waals surface area contributed by atoms with Gasteiger partial charge in [-0.15, -0.1) is 0 Å². The first-order valence-corrected chi connectivity index (χ1v) is 13.1. The summed E-state index contributed by atoms with van der Waals surface area (Å²) in [5, 5.41) is 36.8. The Morgan fingerprint density at radius 2 is 1.68 bits per heavy atom. The van der Waals surface area contributed by atoms with Gasteiger partial charge >= 0.3 is 22.8 Å². The van der Waals surface area contributed by atoms with Gasteiger partial charge in [-0.2, -0.15) is 0 Å². The lowest BCUT2D eigenvalue weighted by Crippen LogP contribution is -2.69. The van der Waals surface area contributed by atoms with Crippen LogP contribution in [0.5, 0.6) is 5.88 Å². The van der Waals surface area contributed by atoms with Crippen molar-refractivity contribution in [3.63, 3.8) is 0 Å². The molecule has 0 radical (unpaired) electrons. The summed E-state index contributed by atoms with van der Waals surface area (Å²) in [6, 6.07) is 7.03. The first kappa shape index (κ1) is 30.5. The van der Waals surface area contributed by atoms with Gasteiger partial charge in [-0.25, -0.2) is 13.2 Å². The third-order valence-electron chi connectivity index (χ3n) is 6.23. The van der Waals surface area contributed by atoms with Crippen LogP contribution in [-0.4, -0.2) is 53.8 Å². The fourth-order valence-corrected chi connectivity index (χ4v) is 5.66. The third kappa shape index (κ3) is 6.23. The smallest absolute Gasteiger partial charge is 0.414 e. The van der Waals surface area contributed by atoms with E-state index < -0.39 is 80.3 Å². The molecule has 0 saturated carbocycles. The van der Waals surface area contributed by atoms with Crippen LogP contribution in [0.2, 0.25) is 0 Å². The van der Waals surface area contributed by atoms with E-state index in [9.17, 15) is 38.2 Å². The van der Waals surface area contributed by atoms with Crippen LogP contribution < -0.4 is 15.0 Å². The highest BCUT2D eigenvalue weighted by atomic mass is 32.2. The minimum absolute atomic E-state index is 0.210. The molecule has 1 aromatic carbocycles. The van der Waals surface area contributed by atoms with Crippen molar-refractivity contribution in [1.29, 1.82) is 0 Å². The molecule has 2 rings (SSSR count). The highest BCUT2D eigenvalue weighted by molar-refractivity contribution is 7.91. The number of carboxylic acids is 2. The first-order chi connectivity index (χ1) is 17.4. The van der Waals surface area contributed by atoms with Crippen LogP contribution in [0, 0.1) is 22.0 Å². The molecule has 0 aliphatic carbocycles. The van der Waals surface area contributed by atoms with Crippen molar-refractivity contribution >= 4 is 27.7 Å². The average molecular weight is 556 g/mol. The van der Waals surface area contributed by atoms with Crippen molar-refractivity contribution in [2.24, 2.45) is 16.7 Å². The molecule has 2 aromatic rings. The van der Waals surface area contributed by atoms with Crippen molar-refractivity contribution in [3.05, 3.63) is 35.5 Å². The Morgan fingerprint density at radius 1 is 1.11 bits per heavy atom. The number of sulfone groups is 1. The van der Waals surface area contributed by atoms with Crippen LogP contribution in [0.25, 0.3) is 0 Å². The molecule has 0 saturated heterocycles. The van der Waals surface area contributed by atoms with Gasteiger partial charge in [0, 0.05) is 5.92 Å². The molecule has 0 aliphatic rings. The summed E-state index contributed by atoms with van der Waals surface area (Å²) in [6.07, 6.45) is -0.988. The van der Waals surface area contributed by atoms with Crippen molar-refractivity contribution < 1.29 is 47.3 Å². The van der Waals surface area contributed by atoms with Crippen LogP contribution >= 0.6 is 0 Å². The largest absolute Gasteiger partial charge is 0.481 e. The summed E-state index contributed by atoms with van der Waals surface area (Å²) in [5.74, 6) is -5.11. The van der Waals surface area contributed by atoms with Crippen molar-refractivity contribution in [2.75, 3.05) is 6.61 Å². The van der Waals surface area contributed by atoms with Gasteiger partial charge in [0.2, 0.25) is 5.91 Å². The summed E-state index contributed by atoms with van der Waals surface area (Å²) in [7, 11) is -4.37. The lowest BCUT2D eigenvalue weighted by atomic mass is 9.57. The van der Waals surface area contributed by atoms with Gasteiger partial charge in [0.05, 0.1) is 22.9 Å². The molecular formula is C24H33N3O10S. The van der Waals surface area contributed by atoms with Gasteiger partial charge in [-0.1, -0.05) is 59.7 Å². The second-order valence-corrected chi connectivity index (χ2v) is 12.7. The average Bonchev–Trinajstić information content (AvgIpc) is 3.15. The van der Waals surface area contributed by atoms with Crippen molar-refractivity contribution in [1.82, 2.24) is 10.5 Å². The Hall–Kier alpha value is -3.68. The lowest BCUT2D eigenvalue weighted by Gasteiger charge is -2.51. The monoisotopic (exact) mass is 555 g/mol. The molecule has 1 unspecified atom stereocenters. The molecule has 3 N–H and O–H groups in total. The van der Waals surface area contributed by atoms with Crippen molar-refractivity contribution in [2.45, 2.75) is 69.8 Å². The molecule has 0 bridgehead atoms. The molecule has 2 atom stereocenters. The van der Waals surface area contributed by atoms with Crippen LogP contribution in [0.3, 0.4) is 0 Å². The van der Waals surface area contributed by atoms with E-state index in [0.717, 1.165) is 0 Å². The third-order valence-corrected chi connectivity index (χ3v) is 7.95. The molecule has 0 fully saturated rings. The summed E-state index contributed by atoms with van der Waals surface area (Å²) in [5.41, 5.74) is -3.95. The molecule has 1 aromatic heterocycles. The number of nitrogens with one attached hydrogen (secondary N) is 1. The maximum atomic E-state index is 13.0. The Balaban J connectivity index is 2.31. The van der Waals surface area contributed by atoms with Crippen LogP contribution in [-0.2, 0) is 24.2 Å². The lowest BCUT2D eigenvalue weighted by molar-refractivity contribution is -0.832. The number of ether oxygens (including phenoxy) is 1. The van der Waals surface area contributed by atoms with Gasteiger partial charge in [0.1, 0.15) is 12.1 Å². The summed E-state index contributed by atoms with van der Waals surface area (Å²) in [4.78, 5) is 36.8. The van der Waals surface area contributed by atoms with Gasteiger partial charge in [-0.3, -0.25) is 14.2 Å². The number of hydrogen-bond acceptors (Lipinski definition) is 9. The van der Waals surface area contributed by atoms with Crippen molar-refractivity contribution in [3.8, 4) is 5.88 Å². The second-order valence-electron chi connectivity index (χ2n) is 10.9. The normalized spacial score (nSPS) is 14.8. The number of amides is 1. The van der Waals surface area contributed by atoms with E-state index in [4.69, 9.17) is 4.74 Å². The van der Waals surface area contributed by atoms with Gasteiger partial charge in [0.25, 0.3) is 9.84 Å². The van der Waals surface area contributed by atoms with Gasteiger partial charge in [0.15, 0.2) is 0 Å². The van der Waals surface area contributed by atoms with Crippen LogP contribution in [0.15, 0.2) is 44.9 Å². The molecule has 1 heterocycles. The predicted molar refractivity (Wildman–Crippen MR) is 131 cm³/mol. The van der Waals surface area contributed by atoms with E-state index in [-0.39, 0.29) is 9.80 Å². The number of rotatable bonds is 11. The fourth-order valence-electron chi connectivity index (χ4n) is 4.37. The summed E-state index contributed by atoms with van der Waals surface area (Å²) < 4.78 is 35.4. The molecule has 0 spiro atoms. The molecule has 13 nitrogen and oxygen atoms in total. The van der Waals surface area contributed by atoms with E-state index in [1.807, 2.05) is 0 Å². The summed E-state index contributed by atoms with van der Waals surface area (Å²) >= 11 is 0. The zero-order valence-corrected chi connectivity index (χ0v) is 22.9. The number of carbonyl (C=O) groups excluding carboxylic acids is 1. The van der Waals surface area contributed by atoms with E-state index in [0.29, 0.717) is 0 Å². The van der Waals surface area contributed by atoms with Gasteiger partial charge in [-0.05, 0) is 27.9 Å². The number of aliphatic carboxylic acids is 2. The number of aromatic nitrogens is 2. The number of hydrogen-bond donors (Lipinski definition) is 3. The predicted octanol–water partition coefficient (Wildman–Crippen LogP) is 2.03. The molecule has 0 aliphatic heterocycles. The molecule has 210 valence electrons. The van der Waals surface area contributed by atoms with E-state index in [1.54, 1.807) is 47.6 Å². The minimum Gasteiger partial charge on any atom is -0.481 e. The zero-order valence-electron chi connectivity index (χ0n) is 22.0.